The van der Waals surface area contributed by atoms with Crippen molar-refractivity contribution in [3.05, 3.63) is 30.2 Å². The summed E-state index contributed by atoms with van der Waals surface area (Å²) < 4.78 is 25.2. The van der Waals surface area contributed by atoms with E-state index < -0.39 is 11.8 Å². The maximum Gasteiger partial charge on any atom is 0.304 e. The molecule has 34 heavy (non-hydrogen) atoms. The zero-order chi connectivity index (χ0) is 25.1. The van der Waals surface area contributed by atoms with Crippen LogP contribution >= 0.6 is 0 Å². The van der Waals surface area contributed by atoms with Crippen molar-refractivity contribution in [3.8, 4) is 11.5 Å². The third-order valence-corrected chi connectivity index (χ3v) is 6.20. The number of methoxy groups -OCH3 is 2. The summed E-state index contributed by atoms with van der Waals surface area (Å²) in [6, 6.07) is 5.22. The summed E-state index contributed by atoms with van der Waals surface area (Å²) in [5, 5.41) is 15.5. The monoisotopic (exact) mass is 475 g/mol. The van der Waals surface area contributed by atoms with Crippen molar-refractivity contribution < 1.29 is 23.8 Å². The highest BCUT2D eigenvalue weighted by atomic mass is 19.1. The van der Waals surface area contributed by atoms with Gasteiger partial charge in [-0.05, 0) is 40.5 Å². The molecule has 3 rings (SSSR count). The molecule has 1 aromatic heterocycles. The summed E-state index contributed by atoms with van der Waals surface area (Å²) in [4.78, 5) is 21.8. The van der Waals surface area contributed by atoms with Gasteiger partial charge in [0.2, 0.25) is 5.95 Å². The summed E-state index contributed by atoms with van der Waals surface area (Å²) in [6.45, 7) is 8.81. The third kappa shape index (κ3) is 6.05. The number of hydrogen-bond acceptors (Lipinski definition) is 8. The Labute approximate surface area is 199 Å². The van der Waals surface area contributed by atoms with Crippen LogP contribution in [0.4, 0.5) is 21.8 Å². The Morgan fingerprint density at radius 3 is 2.26 bits per heavy atom. The second-order valence-electron chi connectivity index (χ2n) is 9.79. The highest BCUT2D eigenvalue weighted by Crippen LogP contribution is 2.39. The number of ether oxygens (including phenoxy) is 2. The van der Waals surface area contributed by atoms with E-state index in [1.165, 1.54) is 0 Å². The Morgan fingerprint density at radius 1 is 1.15 bits per heavy atom. The minimum atomic E-state index is -0.816. The zero-order valence-electron chi connectivity index (χ0n) is 20.6. The lowest BCUT2D eigenvalue weighted by molar-refractivity contribution is -0.138. The second kappa shape index (κ2) is 10.0. The largest absolute Gasteiger partial charge is 0.497 e. The molecule has 0 unspecified atom stereocenters. The van der Waals surface area contributed by atoms with Gasteiger partial charge < -0.3 is 25.2 Å². The summed E-state index contributed by atoms with van der Waals surface area (Å²) in [6.07, 6.45) is 2.62. The fraction of sp³-hybridized carbons (Fsp3) is 0.542. The Kier molecular flexibility index (Phi) is 7.50. The summed E-state index contributed by atoms with van der Waals surface area (Å²) in [7, 11) is 3.12. The lowest BCUT2D eigenvalue weighted by atomic mass is 9.76. The standard InChI is InChI=1S/C24H34FN5O4/c1-23(2)12-16(13-24(3,4)30(23)8-7-20(31)32)27-21-19(25)14-26-22(29-21)28-15-9-17(33-5)11-18(10-15)34-6/h9-11,14,16H,7-8,12-13H2,1-6H3,(H,31,32)(H2,26,27,28,29). The van der Waals surface area contributed by atoms with Gasteiger partial charge in [-0.3, -0.25) is 9.69 Å². The minimum Gasteiger partial charge on any atom is -0.497 e. The number of benzene rings is 1. The molecule has 186 valence electrons. The molecule has 2 aromatic rings. The first-order chi connectivity index (χ1) is 15.9. The predicted octanol–water partition coefficient (Wildman–Crippen LogP) is 4.28. The van der Waals surface area contributed by atoms with Crippen LogP contribution in [0.15, 0.2) is 24.4 Å². The molecule has 0 bridgehead atoms. The van der Waals surface area contributed by atoms with Crippen LogP contribution in [0.5, 0.6) is 11.5 Å². The maximum absolute atomic E-state index is 14.6. The third-order valence-electron chi connectivity index (χ3n) is 6.20. The normalized spacial score (nSPS) is 17.7. The lowest BCUT2D eigenvalue weighted by Gasteiger charge is -2.55. The van der Waals surface area contributed by atoms with E-state index in [2.05, 4.69) is 53.2 Å². The molecule has 0 amide bonds. The Morgan fingerprint density at radius 2 is 1.74 bits per heavy atom. The molecule has 0 radical (unpaired) electrons. The van der Waals surface area contributed by atoms with Crippen molar-refractivity contribution in [2.45, 2.75) is 64.1 Å². The number of carboxylic acids is 1. The highest BCUT2D eigenvalue weighted by Gasteiger charge is 2.45. The van der Waals surface area contributed by atoms with Crippen LogP contribution in [0.3, 0.4) is 0 Å². The van der Waals surface area contributed by atoms with Gasteiger partial charge in [0.1, 0.15) is 11.5 Å². The van der Waals surface area contributed by atoms with Crippen LogP contribution in [-0.4, -0.2) is 63.8 Å². The predicted molar refractivity (Wildman–Crippen MR) is 129 cm³/mol. The fourth-order valence-corrected chi connectivity index (χ4v) is 4.96. The molecule has 10 heteroatoms. The van der Waals surface area contributed by atoms with Gasteiger partial charge in [-0.1, -0.05) is 0 Å². The van der Waals surface area contributed by atoms with Gasteiger partial charge in [0.05, 0.1) is 26.8 Å². The molecular formula is C24H34FN5O4. The van der Waals surface area contributed by atoms with Crippen molar-refractivity contribution in [3.63, 3.8) is 0 Å². The van der Waals surface area contributed by atoms with Crippen LogP contribution in [0.1, 0.15) is 47.0 Å². The van der Waals surface area contributed by atoms with E-state index in [1.807, 2.05) is 0 Å². The number of nitrogens with one attached hydrogen (secondary N) is 2. The number of aromatic nitrogens is 2. The molecule has 9 nitrogen and oxygen atoms in total. The van der Waals surface area contributed by atoms with Crippen LogP contribution in [-0.2, 0) is 4.79 Å². The zero-order valence-corrected chi connectivity index (χ0v) is 20.6. The number of anilines is 3. The van der Waals surface area contributed by atoms with Gasteiger partial charge in [0, 0.05) is 47.6 Å². The number of carboxylic acid groups (broad SMARTS) is 1. The number of carbonyl (C=O) groups is 1. The van der Waals surface area contributed by atoms with Crippen molar-refractivity contribution in [2.24, 2.45) is 0 Å². The molecule has 0 aliphatic carbocycles. The molecule has 0 atom stereocenters. The van der Waals surface area contributed by atoms with E-state index in [1.54, 1.807) is 32.4 Å². The minimum absolute atomic E-state index is 0.0553. The van der Waals surface area contributed by atoms with E-state index in [4.69, 9.17) is 14.6 Å². The number of halogens is 1. The van der Waals surface area contributed by atoms with E-state index in [0.29, 0.717) is 36.6 Å². The van der Waals surface area contributed by atoms with Crippen LogP contribution < -0.4 is 20.1 Å². The lowest BCUT2D eigenvalue weighted by Crippen LogP contribution is -2.63. The molecule has 1 saturated heterocycles. The molecule has 1 aliphatic rings. The number of likely N-dealkylation sites (tertiary alicyclic amines) is 1. The van der Waals surface area contributed by atoms with E-state index in [0.717, 1.165) is 6.20 Å². The molecule has 0 spiro atoms. The summed E-state index contributed by atoms with van der Waals surface area (Å²) in [5.41, 5.74) is 0.0791. The molecule has 3 N–H and O–H groups in total. The van der Waals surface area contributed by atoms with E-state index in [9.17, 15) is 9.18 Å². The van der Waals surface area contributed by atoms with Gasteiger partial charge in [-0.2, -0.15) is 4.98 Å². The van der Waals surface area contributed by atoms with Gasteiger partial charge in [-0.15, -0.1) is 0 Å². The van der Waals surface area contributed by atoms with Gasteiger partial charge in [-0.25, -0.2) is 9.37 Å². The van der Waals surface area contributed by atoms with Crippen molar-refractivity contribution in [2.75, 3.05) is 31.4 Å². The maximum atomic E-state index is 14.6. The molecule has 1 fully saturated rings. The number of piperidine rings is 1. The average molecular weight is 476 g/mol. The van der Waals surface area contributed by atoms with Gasteiger partial charge >= 0.3 is 5.97 Å². The SMILES string of the molecule is COc1cc(Nc2ncc(F)c(NC3CC(C)(C)N(CCC(=O)O)C(C)(C)C3)n2)cc(OC)c1. The first-order valence-electron chi connectivity index (χ1n) is 11.2. The number of hydrogen-bond donors (Lipinski definition) is 3. The van der Waals surface area contributed by atoms with Crippen molar-refractivity contribution >= 4 is 23.4 Å². The molecule has 1 aliphatic heterocycles. The second-order valence-corrected chi connectivity index (χ2v) is 9.79. The topological polar surface area (TPSA) is 109 Å². The van der Waals surface area contributed by atoms with Crippen LogP contribution in [0, 0.1) is 5.82 Å². The molecule has 0 saturated carbocycles. The molecule has 1 aromatic carbocycles. The van der Waals surface area contributed by atoms with Crippen molar-refractivity contribution in [1.82, 2.24) is 14.9 Å². The Hall–Kier alpha value is -3.14. The smallest absolute Gasteiger partial charge is 0.304 e. The number of aliphatic carboxylic acids is 1. The average Bonchev–Trinajstić information content (AvgIpc) is 2.73. The first-order valence-corrected chi connectivity index (χ1v) is 11.2. The van der Waals surface area contributed by atoms with E-state index in [-0.39, 0.29) is 35.3 Å². The molecular weight excluding hydrogens is 441 g/mol. The van der Waals surface area contributed by atoms with Crippen molar-refractivity contribution in [1.29, 1.82) is 0 Å². The van der Waals surface area contributed by atoms with E-state index >= 15 is 0 Å². The van der Waals surface area contributed by atoms with Crippen LogP contribution in [0.25, 0.3) is 0 Å². The summed E-state index contributed by atoms with van der Waals surface area (Å²) in [5.74, 6) is 0.184. The summed E-state index contributed by atoms with van der Waals surface area (Å²) >= 11 is 0. The quantitative estimate of drug-likeness (QED) is 0.489. The fourth-order valence-electron chi connectivity index (χ4n) is 4.96. The first kappa shape index (κ1) is 25.5. The Balaban J connectivity index is 1.78. The number of rotatable bonds is 9. The highest BCUT2D eigenvalue weighted by molar-refractivity contribution is 5.67. The Bertz CT molecular complexity index is 990. The van der Waals surface area contributed by atoms with Crippen LogP contribution in [0.2, 0.25) is 0 Å². The van der Waals surface area contributed by atoms with Gasteiger partial charge in [0.15, 0.2) is 11.6 Å². The molecule has 2 heterocycles. The van der Waals surface area contributed by atoms with Gasteiger partial charge in [0.25, 0.3) is 0 Å². The number of nitrogens with zero attached hydrogens (tertiary/aromatic N) is 3.